The van der Waals surface area contributed by atoms with Gasteiger partial charge in [-0.1, -0.05) is 18.5 Å². The molecule has 0 aliphatic carbocycles. The van der Waals surface area contributed by atoms with Gasteiger partial charge in [-0.05, 0) is 13.3 Å². The third kappa shape index (κ3) is 3.30. The van der Waals surface area contributed by atoms with E-state index in [1.165, 1.54) is 0 Å². The van der Waals surface area contributed by atoms with E-state index in [0.29, 0.717) is 37.7 Å². The Morgan fingerprint density at radius 1 is 1.43 bits per heavy atom. The molecule has 0 amide bonds. The van der Waals surface area contributed by atoms with Crippen LogP contribution in [0.1, 0.15) is 38.1 Å². The average molecular weight is 315 g/mol. The minimum atomic E-state index is -0.729. The molecule has 1 fully saturated rings. The highest BCUT2D eigenvalue weighted by atomic mass is 35.5. The van der Waals surface area contributed by atoms with Crippen LogP contribution in [0.2, 0.25) is 5.02 Å². The summed E-state index contributed by atoms with van der Waals surface area (Å²) in [6, 6.07) is 0. The maximum Gasteiger partial charge on any atom is 0.170 e. The number of Topliss-reactive ketones (excluding diaryl/α,β-unsaturated/α-hetero) is 1. The molecule has 1 aromatic rings. The minimum absolute atomic E-state index is 0.0696. The third-order valence-corrected chi connectivity index (χ3v) is 4.50. The Morgan fingerprint density at radius 2 is 2.10 bits per heavy atom. The highest BCUT2D eigenvalue weighted by Gasteiger charge is 2.41. The Morgan fingerprint density at radius 3 is 2.62 bits per heavy atom. The summed E-state index contributed by atoms with van der Waals surface area (Å²) in [6.07, 6.45) is 2.22. The largest absolute Gasteiger partial charge is 0.381 e. The molecule has 5 nitrogen and oxygen atoms in total. The zero-order valence-electron chi connectivity index (χ0n) is 12.9. The first-order valence-corrected chi connectivity index (χ1v) is 7.87. The molecule has 1 aromatic heterocycles. The van der Waals surface area contributed by atoms with Crippen molar-refractivity contribution in [1.29, 1.82) is 0 Å². The van der Waals surface area contributed by atoms with Crippen LogP contribution in [0.15, 0.2) is 0 Å². The van der Waals surface area contributed by atoms with Gasteiger partial charge in [-0.25, -0.2) is 0 Å². The van der Waals surface area contributed by atoms with E-state index in [1.807, 2.05) is 20.9 Å². The molecule has 0 aromatic carbocycles. The molecule has 2 rings (SSSR count). The fourth-order valence-corrected chi connectivity index (χ4v) is 3.17. The first-order chi connectivity index (χ1) is 10.0. The first-order valence-electron chi connectivity index (χ1n) is 7.49. The maximum atomic E-state index is 12.8. The lowest BCUT2D eigenvalue weighted by Crippen LogP contribution is -2.47. The van der Waals surface area contributed by atoms with Crippen LogP contribution in [0.4, 0.5) is 0 Å². The molecule has 0 saturated carbocycles. The Kier molecular flexibility index (Phi) is 5.41. The molecule has 0 atom stereocenters. The molecule has 1 aliphatic rings. The van der Waals surface area contributed by atoms with Crippen molar-refractivity contribution < 1.29 is 14.3 Å². The summed E-state index contributed by atoms with van der Waals surface area (Å²) >= 11 is 6.33. The van der Waals surface area contributed by atoms with E-state index < -0.39 is 5.60 Å². The van der Waals surface area contributed by atoms with Gasteiger partial charge in [-0.2, -0.15) is 5.10 Å². The van der Waals surface area contributed by atoms with Crippen LogP contribution in [-0.4, -0.2) is 41.0 Å². The van der Waals surface area contributed by atoms with Gasteiger partial charge in [0.05, 0.1) is 22.8 Å². The van der Waals surface area contributed by atoms with Gasteiger partial charge in [-0.3, -0.25) is 9.48 Å². The lowest BCUT2D eigenvalue weighted by atomic mass is 9.87. The molecule has 118 valence electrons. The van der Waals surface area contributed by atoms with E-state index in [4.69, 9.17) is 21.1 Å². The highest BCUT2D eigenvalue weighted by molar-refractivity contribution is 6.32. The fourth-order valence-electron chi connectivity index (χ4n) is 2.81. The zero-order valence-corrected chi connectivity index (χ0v) is 13.7. The molecule has 0 spiro atoms. The van der Waals surface area contributed by atoms with Gasteiger partial charge in [0.25, 0.3) is 0 Å². The Bertz CT molecular complexity index is 502. The van der Waals surface area contributed by atoms with Crippen molar-refractivity contribution in [2.24, 2.45) is 7.05 Å². The topological polar surface area (TPSA) is 53.3 Å². The van der Waals surface area contributed by atoms with Crippen LogP contribution in [0.3, 0.4) is 0 Å². The lowest BCUT2D eigenvalue weighted by Gasteiger charge is -2.35. The Labute approximate surface area is 130 Å². The van der Waals surface area contributed by atoms with E-state index in [-0.39, 0.29) is 12.2 Å². The SMILES string of the molecule is CCOC1(C(=O)Cc2c(Cl)c(CC)nn2C)CCOCC1. The normalized spacial score (nSPS) is 17.9. The number of rotatable bonds is 6. The van der Waals surface area contributed by atoms with Gasteiger partial charge >= 0.3 is 0 Å². The van der Waals surface area contributed by atoms with Gasteiger partial charge in [0.1, 0.15) is 5.60 Å². The monoisotopic (exact) mass is 314 g/mol. The number of ketones is 1. The number of hydrogen-bond acceptors (Lipinski definition) is 4. The van der Waals surface area contributed by atoms with Crippen molar-refractivity contribution in [3.63, 3.8) is 0 Å². The predicted molar refractivity (Wildman–Crippen MR) is 80.7 cm³/mol. The van der Waals surface area contributed by atoms with Crippen molar-refractivity contribution in [3.05, 3.63) is 16.4 Å². The second kappa shape index (κ2) is 6.90. The smallest absolute Gasteiger partial charge is 0.170 e. The molecule has 0 N–H and O–H groups in total. The van der Waals surface area contributed by atoms with Crippen LogP contribution >= 0.6 is 11.6 Å². The summed E-state index contributed by atoms with van der Waals surface area (Å²) in [6.45, 7) is 5.55. The molecule has 0 bridgehead atoms. The fraction of sp³-hybridized carbons (Fsp3) is 0.733. The number of ether oxygens (including phenoxy) is 2. The molecule has 21 heavy (non-hydrogen) atoms. The van der Waals surface area contributed by atoms with Crippen molar-refractivity contribution in [3.8, 4) is 0 Å². The summed E-state index contributed by atoms with van der Waals surface area (Å²) in [5.74, 6) is 0.0696. The van der Waals surface area contributed by atoms with Gasteiger partial charge < -0.3 is 9.47 Å². The molecule has 1 aliphatic heterocycles. The number of carbonyl (C=O) groups is 1. The quantitative estimate of drug-likeness (QED) is 0.808. The molecule has 0 radical (unpaired) electrons. The lowest BCUT2D eigenvalue weighted by molar-refractivity contribution is -0.156. The van der Waals surface area contributed by atoms with E-state index in [2.05, 4.69) is 5.10 Å². The second-order valence-corrected chi connectivity index (χ2v) is 5.70. The Hall–Kier alpha value is -0.910. The molecule has 1 saturated heterocycles. The molecular formula is C15H23ClN2O3. The Balaban J connectivity index is 2.21. The van der Waals surface area contributed by atoms with Gasteiger partial charge in [0.15, 0.2) is 5.78 Å². The molecular weight excluding hydrogens is 292 g/mol. The van der Waals surface area contributed by atoms with Gasteiger partial charge in [0, 0.05) is 39.7 Å². The summed E-state index contributed by atoms with van der Waals surface area (Å²) in [7, 11) is 1.82. The van der Waals surface area contributed by atoms with E-state index in [1.54, 1.807) is 4.68 Å². The molecule has 2 heterocycles. The average Bonchev–Trinajstić information content (AvgIpc) is 2.76. The standard InChI is InChI=1S/C15H23ClN2O3/c1-4-11-14(16)12(18(3)17-11)10-13(19)15(21-5-2)6-8-20-9-7-15/h4-10H2,1-3H3. The number of carbonyl (C=O) groups excluding carboxylic acids is 1. The number of nitrogens with zero attached hydrogens (tertiary/aromatic N) is 2. The number of aryl methyl sites for hydroxylation is 2. The van der Waals surface area contributed by atoms with Crippen molar-refractivity contribution in [2.75, 3.05) is 19.8 Å². The highest BCUT2D eigenvalue weighted by Crippen LogP contribution is 2.30. The van der Waals surface area contributed by atoms with Crippen molar-refractivity contribution in [2.45, 2.75) is 45.1 Å². The zero-order chi connectivity index (χ0) is 15.5. The van der Waals surface area contributed by atoms with E-state index >= 15 is 0 Å². The summed E-state index contributed by atoms with van der Waals surface area (Å²) in [4.78, 5) is 12.8. The number of hydrogen-bond donors (Lipinski definition) is 0. The first kappa shape index (κ1) is 16.5. The molecule has 0 unspecified atom stereocenters. The maximum absolute atomic E-state index is 12.8. The van der Waals surface area contributed by atoms with Crippen molar-refractivity contribution in [1.82, 2.24) is 9.78 Å². The van der Waals surface area contributed by atoms with E-state index in [9.17, 15) is 4.79 Å². The summed E-state index contributed by atoms with van der Waals surface area (Å²) in [5.41, 5.74) is 0.871. The second-order valence-electron chi connectivity index (χ2n) is 5.32. The minimum Gasteiger partial charge on any atom is -0.381 e. The van der Waals surface area contributed by atoms with Crippen LogP contribution in [-0.2, 0) is 34.2 Å². The van der Waals surface area contributed by atoms with Gasteiger partial charge in [0.2, 0.25) is 0 Å². The molecule has 6 heteroatoms. The van der Waals surface area contributed by atoms with Crippen LogP contribution in [0.5, 0.6) is 0 Å². The van der Waals surface area contributed by atoms with E-state index in [0.717, 1.165) is 17.8 Å². The summed E-state index contributed by atoms with van der Waals surface area (Å²) in [5, 5.41) is 4.97. The van der Waals surface area contributed by atoms with Crippen LogP contribution in [0.25, 0.3) is 0 Å². The number of aromatic nitrogens is 2. The number of halogens is 1. The summed E-state index contributed by atoms with van der Waals surface area (Å²) < 4.78 is 12.9. The van der Waals surface area contributed by atoms with Crippen molar-refractivity contribution >= 4 is 17.4 Å². The van der Waals surface area contributed by atoms with Gasteiger partial charge in [-0.15, -0.1) is 0 Å². The third-order valence-electron chi connectivity index (χ3n) is 4.06. The van der Waals surface area contributed by atoms with Crippen LogP contribution in [0, 0.1) is 0 Å². The van der Waals surface area contributed by atoms with Crippen LogP contribution < -0.4 is 0 Å². The predicted octanol–water partition coefficient (Wildman–Crippen LogP) is 2.33.